The van der Waals surface area contributed by atoms with Crippen molar-refractivity contribution in [2.45, 2.75) is 65.1 Å². The van der Waals surface area contributed by atoms with Crippen LogP contribution in [0.1, 0.15) is 65.0 Å². The number of carbonyl (C=O) groups excluding carboxylic acids is 1. The number of aromatic nitrogens is 1. The molecule has 3 atom stereocenters. The zero-order valence-electron chi connectivity index (χ0n) is 18.5. The summed E-state index contributed by atoms with van der Waals surface area (Å²) in [6.45, 7) is 8.21. The van der Waals surface area contributed by atoms with Crippen molar-refractivity contribution in [1.29, 1.82) is 0 Å². The second-order valence-corrected chi connectivity index (χ2v) is 8.94. The molecule has 1 aliphatic carbocycles. The Kier molecular flexibility index (Phi) is 5.30. The molecule has 1 N–H and O–H groups in total. The molecule has 5 rings (SSSR count). The molecule has 2 aromatic heterocycles. The SMILES string of the molecule is Cc1cccc(CN2N=C3c4c(oc(C(=O)NCC5CCCO5)c4C)CCC3C2C)n1. The fraction of sp³-hybridized carbons (Fsp3) is 0.542. The number of hydrazone groups is 1. The number of furan rings is 1. The van der Waals surface area contributed by atoms with Crippen molar-refractivity contribution in [2.24, 2.45) is 11.0 Å². The molecule has 2 aliphatic heterocycles. The lowest BCUT2D eigenvalue weighted by atomic mass is 9.81. The Morgan fingerprint density at radius 2 is 2.16 bits per heavy atom. The van der Waals surface area contributed by atoms with Gasteiger partial charge in [-0.3, -0.25) is 14.8 Å². The first-order chi connectivity index (χ1) is 15.0. The van der Waals surface area contributed by atoms with Crippen LogP contribution in [-0.2, 0) is 17.7 Å². The van der Waals surface area contributed by atoms with E-state index in [2.05, 4.69) is 22.2 Å². The standard InChI is InChI=1S/C24H30N4O3/c1-14-6-4-7-17(26-14)13-28-16(3)19-9-10-20-21(22(19)27-28)15(2)23(31-20)24(29)25-12-18-8-5-11-30-18/h4,6-7,16,18-19H,5,8-13H2,1-3H3,(H,25,29). The van der Waals surface area contributed by atoms with Crippen LogP contribution in [0.3, 0.4) is 0 Å². The van der Waals surface area contributed by atoms with Gasteiger partial charge in [0.1, 0.15) is 5.76 Å². The summed E-state index contributed by atoms with van der Waals surface area (Å²) >= 11 is 0. The summed E-state index contributed by atoms with van der Waals surface area (Å²) in [5.41, 5.74) is 5.02. The van der Waals surface area contributed by atoms with Gasteiger partial charge in [-0.25, -0.2) is 0 Å². The number of rotatable bonds is 5. The molecule has 1 saturated heterocycles. The van der Waals surface area contributed by atoms with Gasteiger partial charge >= 0.3 is 0 Å². The minimum Gasteiger partial charge on any atom is -0.455 e. The van der Waals surface area contributed by atoms with Gasteiger partial charge in [0, 0.05) is 42.3 Å². The molecule has 0 radical (unpaired) electrons. The summed E-state index contributed by atoms with van der Waals surface area (Å²) in [4.78, 5) is 17.5. The van der Waals surface area contributed by atoms with Gasteiger partial charge in [-0.15, -0.1) is 0 Å². The second kappa shape index (κ2) is 8.11. The average Bonchev–Trinajstić information content (AvgIpc) is 3.46. The highest BCUT2D eigenvalue weighted by Crippen LogP contribution is 2.39. The van der Waals surface area contributed by atoms with Crippen LogP contribution >= 0.6 is 0 Å². The van der Waals surface area contributed by atoms with Crippen LogP contribution in [0.25, 0.3) is 0 Å². The van der Waals surface area contributed by atoms with Crippen molar-refractivity contribution in [1.82, 2.24) is 15.3 Å². The van der Waals surface area contributed by atoms with E-state index in [9.17, 15) is 4.79 Å². The Balaban J connectivity index is 1.37. The molecule has 0 bridgehead atoms. The lowest BCUT2D eigenvalue weighted by Crippen LogP contribution is -2.33. The predicted octanol–water partition coefficient (Wildman–Crippen LogP) is 3.37. The van der Waals surface area contributed by atoms with Crippen molar-refractivity contribution >= 4 is 11.6 Å². The number of amides is 1. The van der Waals surface area contributed by atoms with E-state index in [1.165, 1.54) is 0 Å². The fourth-order valence-corrected chi connectivity index (χ4v) is 5.07. The maximum absolute atomic E-state index is 12.8. The van der Waals surface area contributed by atoms with Crippen molar-refractivity contribution < 1.29 is 13.9 Å². The Morgan fingerprint density at radius 3 is 2.94 bits per heavy atom. The van der Waals surface area contributed by atoms with Crippen molar-refractivity contribution in [3.05, 3.63) is 52.2 Å². The van der Waals surface area contributed by atoms with Gasteiger partial charge in [0.2, 0.25) is 0 Å². The highest BCUT2D eigenvalue weighted by molar-refractivity contribution is 6.08. The van der Waals surface area contributed by atoms with Gasteiger partial charge in [-0.1, -0.05) is 6.07 Å². The third kappa shape index (κ3) is 3.76. The molecule has 4 heterocycles. The number of fused-ring (bicyclic) bond motifs is 3. The van der Waals surface area contributed by atoms with Crippen molar-refractivity contribution in [2.75, 3.05) is 13.2 Å². The minimum absolute atomic E-state index is 0.113. The zero-order valence-corrected chi connectivity index (χ0v) is 18.5. The topological polar surface area (TPSA) is 80.0 Å². The normalized spacial score (nSPS) is 24.7. The van der Waals surface area contributed by atoms with Crippen LogP contribution in [0.2, 0.25) is 0 Å². The Labute approximate surface area is 182 Å². The first-order valence-corrected chi connectivity index (χ1v) is 11.3. The molecule has 3 unspecified atom stereocenters. The molecule has 3 aliphatic rings. The average molecular weight is 423 g/mol. The molecule has 1 amide bonds. The van der Waals surface area contributed by atoms with Crippen molar-refractivity contribution in [3.8, 4) is 0 Å². The number of hydrogen-bond donors (Lipinski definition) is 1. The van der Waals surface area contributed by atoms with E-state index in [4.69, 9.17) is 14.3 Å². The van der Waals surface area contributed by atoms with Crippen LogP contribution in [0.15, 0.2) is 27.7 Å². The van der Waals surface area contributed by atoms with Gasteiger partial charge < -0.3 is 14.5 Å². The van der Waals surface area contributed by atoms with E-state index in [-0.39, 0.29) is 18.1 Å². The largest absolute Gasteiger partial charge is 0.455 e. The molecule has 7 heteroatoms. The summed E-state index contributed by atoms with van der Waals surface area (Å²) in [7, 11) is 0. The summed E-state index contributed by atoms with van der Waals surface area (Å²) < 4.78 is 11.7. The molecule has 31 heavy (non-hydrogen) atoms. The van der Waals surface area contributed by atoms with Crippen LogP contribution in [0.4, 0.5) is 0 Å². The summed E-state index contributed by atoms with van der Waals surface area (Å²) in [5.74, 6) is 1.48. The van der Waals surface area contributed by atoms with Gasteiger partial charge in [-0.05, 0) is 52.2 Å². The summed E-state index contributed by atoms with van der Waals surface area (Å²) in [6.07, 6.45) is 3.98. The third-order valence-electron chi connectivity index (χ3n) is 6.79. The first-order valence-electron chi connectivity index (χ1n) is 11.3. The van der Waals surface area contributed by atoms with E-state index in [1.807, 2.05) is 32.0 Å². The monoisotopic (exact) mass is 422 g/mol. The molecular weight excluding hydrogens is 392 g/mol. The maximum atomic E-state index is 12.8. The number of aryl methyl sites for hydroxylation is 2. The molecule has 0 aromatic carbocycles. The first kappa shape index (κ1) is 20.2. The van der Waals surface area contributed by atoms with Crippen LogP contribution in [0.5, 0.6) is 0 Å². The smallest absolute Gasteiger partial charge is 0.287 e. The highest BCUT2D eigenvalue weighted by atomic mass is 16.5. The van der Waals surface area contributed by atoms with Crippen molar-refractivity contribution in [3.63, 3.8) is 0 Å². The quantitative estimate of drug-likeness (QED) is 0.799. The molecule has 164 valence electrons. The highest BCUT2D eigenvalue weighted by Gasteiger charge is 2.41. The van der Waals surface area contributed by atoms with Gasteiger partial charge in [0.15, 0.2) is 5.76 Å². The molecular formula is C24H30N4O3. The van der Waals surface area contributed by atoms with Crippen LogP contribution in [0, 0.1) is 19.8 Å². The Morgan fingerprint density at radius 1 is 1.29 bits per heavy atom. The molecule has 0 spiro atoms. The number of carbonyl (C=O) groups is 1. The van der Waals surface area contributed by atoms with E-state index < -0.39 is 0 Å². The number of hydrogen-bond acceptors (Lipinski definition) is 6. The molecule has 0 saturated carbocycles. The lowest BCUT2D eigenvalue weighted by molar-refractivity contribution is 0.0833. The van der Waals surface area contributed by atoms with E-state index in [1.54, 1.807) is 0 Å². The maximum Gasteiger partial charge on any atom is 0.287 e. The third-order valence-corrected chi connectivity index (χ3v) is 6.79. The Hall–Kier alpha value is -2.67. The number of ether oxygens (including phenoxy) is 1. The zero-order chi connectivity index (χ0) is 21.5. The van der Waals surface area contributed by atoms with Gasteiger partial charge in [0.05, 0.1) is 30.1 Å². The Bertz CT molecular complexity index is 1020. The van der Waals surface area contributed by atoms with E-state index >= 15 is 0 Å². The van der Waals surface area contributed by atoms with Crippen LogP contribution < -0.4 is 5.32 Å². The molecule has 2 aromatic rings. The summed E-state index contributed by atoms with van der Waals surface area (Å²) in [6, 6.07) is 6.39. The number of nitrogens with zero attached hydrogens (tertiary/aromatic N) is 3. The predicted molar refractivity (Wildman–Crippen MR) is 117 cm³/mol. The number of pyridine rings is 1. The number of nitrogens with one attached hydrogen (secondary N) is 1. The summed E-state index contributed by atoms with van der Waals surface area (Å²) in [5, 5.41) is 10.1. The second-order valence-electron chi connectivity index (χ2n) is 8.94. The van der Waals surface area contributed by atoms with E-state index in [0.29, 0.717) is 24.8 Å². The lowest BCUT2D eigenvalue weighted by Gasteiger charge is -2.26. The minimum atomic E-state index is -0.161. The van der Waals surface area contributed by atoms with E-state index in [0.717, 1.165) is 66.3 Å². The van der Waals surface area contributed by atoms with Gasteiger partial charge in [-0.2, -0.15) is 5.10 Å². The molecule has 1 fully saturated rings. The van der Waals surface area contributed by atoms with Gasteiger partial charge in [0.25, 0.3) is 5.91 Å². The fourth-order valence-electron chi connectivity index (χ4n) is 5.07. The van der Waals surface area contributed by atoms with Crippen LogP contribution in [-0.4, -0.2) is 46.9 Å². The molecule has 7 nitrogen and oxygen atoms in total.